The van der Waals surface area contributed by atoms with Gasteiger partial charge < -0.3 is 15.4 Å². The molecule has 0 radical (unpaired) electrons. The highest BCUT2D eigenvalue weighted by molar-refractivity contribution is 14.1. The zero-order valence-electron chi connectivity index (χ0n) is 14.4. The van der Waals surface area contributed by atoms with Gasteiger partial charge in [0.1, 0.15) is 5.60 Å². The van der Waals surface area contributed by atoms with Crippen LogP contribution in [-0.2, 0) is 4.74 Å². The number of hydrogen-bond donors (Lipinski definition) is 2. The highest BCUT2D eigenvalue weighted by Crippen LogP contribution is 2.33. The number of amides is 1. The second kappa shape index (κ2) is 7.83. The molecule has 2 unspecified atom stereocenters. The van der Waals surface area contributed by atoms with E-state index in [9.17, 15) is 4.79 Å². The van der Waals surface area contributed by atoms with Gasteiger partial charge in [0.25, 0.3) is 0 Å². The number of carbonyl (C=O) groups is 1. The summed E-state index contributed by atoms with van der Waals surface area (Å²) in [6.45, 7) is 8.41. The molecule has 1 aliphatic carbocycles. The van der Waals surface area contributed by atoms with Crippen molar-refractivity contribution in [3.63, 3.8) is 0 Å². The van der Waals surface area contributed by atoms with Crippen LogP contribution in [0.1, 0.15) is 52.1 Å². The van der Waals surface area contributed by atoms with E-state index in [0.717, 1.165) is 0 Å². The van der Waals surface area contributed by atoms with Crippen LogP contribution in [0.15, 0.2) is 24.3 Å². The molecule has 4 nitrogen and oxygen atoms in total. The molecule has 1 aliphatic rings. The van der Waals surface area contributed by atoms with E-state index in [0.29, 0.717) is 12.5 Å². The van der Waals surface area contributed by atoms with Gasteiger partial charge in [-0.3, -0.25) is 0 Å². The number of carbonyl (C=O) groups excluding carboxylic acids is 1. The molecule has 2 rings (SSSR count). The van der Waals surface area contributed by atoms with E-state index in [4.69, 9.17) is 4.74 Å². The highest BCUT2D eigenvalue weighted by Gasteiger charge is 2.32. The van der Waals surface area contributed by atoms with Crippen molar-refractivity contribution in [3.8, 4) is 0 Å². The fraction of sp³-hybridized carbons (Fsp3) is 0.611. The predicted molar refractivity (Wildman–Crippen MR) is 101 cm³/mol. The molecule has 0 aromatic heterocycles. The summed E-state index contributed by atoms with van der Waals surface area (Å²) < 4.78 is 6.55. The third-order valence-corrected chi connectivity index (χ3v) is 4.61. The lowest BCUT2D eigenvalue weighted by atomic mass is 10.1. The summed E-state index contributed by atoms with van der Waals surface area (Å²) in [5.41, 5.74) is 0.814. The Kier molecular flexibility index (Phi) is 6.31. The van der Waals surface area contributed by atoms with E-state index in [2.05, 4.69) is 64.4 Å². The molecule has 1 fully saturated rings. The topological polar surface area (TPSA) is 50.4 Å². The molecule has 0 bridgehead atoms. The molecule has 5 heteroatoms. The Balaban J connectivity index is 1.86. The average molecular weight is 430 g/mol. The number of halogens is 1. The molecular formula is C18H27IN2O2. The van der Waals surface area contributed by atoms with E-state index < -0.39 is 5.60 Å². The van der Waals surface area contributed by atoms with Crippen LogP contribution in [0.2, 0.25) is 0 Å². The van der Waals surface area contributed by atoms with E-state index in [1.807, 2.05) is 20.8 Å². The lowest BCUT2D eigenvalue weighted by Gasteiger charge is -2.25. The van der Waals surface area contributed by atoms with Gasteiger partial charge in [0, 0.05) is 22.2 Å². The van der Waals surface area contributed by atoms with Gasteiger partial charge in [-0.05, 0) is 86.7 Å². The zero-order chi connectivity index (χ0) is 17.0. The van der Waals surface area contributed by atoms with Crippen molar-refractivity contribution < 1.29 is 9.53 Å². The SMILES string of the molecule is CC(NC(CNC(=O)OC(C)(C)C)C1CC1)c1ccc(I)cc1. The summed E-state index contributed by atoms with van der Waals surface area (Å²) in [6, 6.07) is 9.11. The minimum atomic E-state index is -0.457. The normalized spacial score (nSPS) is 17.4. The maximum atomic E-state index is 11.8. The largest absolute Gasteiger partial charge is 0.444 e. The summed E-state index contributed by atoms with van der Waals surface area (Å²) in [7, 11) is 0. The Hall–Kier alpha value is -0.820. The predicted octanol–water partition coefficient (Wildman–Crippen LogP) is 4.25. The number of alkyl carbamates (subject to hydrolysis) is 1. The fourth-order valence-corrected chi connectivity index (χ4v) is 2.90. The Labute approximate surface area is 152 Å². The molecule has 0 heterocycles. The van der Waals surface area contributed by atoms with Crippen LogP contribution >= 0.6 is 22.6 Å². The van der Waals surface area contributed by atoms with Crippen molar-refractivity contribution in [1.29, 1.82) is 0 Å². The van der Waals surface area contributed by atoms with Crippen LogP contribution in [0.4, 0.5) is 4.79 Å². The van der Waals surface area contributed by atoms with Crippen LogP contribution in [0, 0.1) is 9.49 Å². The second-order valence-electron chi connectivity index (χ2n) is 7.27. The van der Waals surface area contributed by atoms with Gasteiger partial charge in [-0.1, -0.05) is 12.1 Å². The van der Waals surface area contributed by atoms with Crippen molar-refractivity contribution in [2.45, 2.75) is 58.2 Å². The number of hydrogen-bond acceptors (Lipinski definition) is 3. The summed E-state index contributed by atoms with van der Waals surface area (Å²) in [5, 5.41) is 6.56. The van der Waals surface area contributed by atoms with Crippen LogP contribution in [-0.4, -0.2) is 24.3 Å². The molecule has 0 saturated heterocycles. The number of rotatable bonds is 6. The van der Waals surface area contributed by atoms with Crippen LogP contribution < -0.4 is 10.6 Å². The first-order valence-electron chi connectivity index (χ1n) is 8.23. The van der Waals surface area contributed by atoms with Crippen LogP contribution in [0.25, 0.3) is 0 Å². The monoisotopic (exact) mass is 430 g/mol. The molecule has 1 aromatic rings. The van der Waals surface area contributed by atoms with Gasteiger partial charge in [0.15, 0.2) is 0 Å². The minimum Gasteiger partial charge on any atom is -0.444 e. The van der Waals surface area contributed by atoms with E-state index in [1.54, 1.807) is 0 Å². The molecule has 0 spiro atoms. The number of benzene rings is 1. The number of nitrogens with one attached hydrogen (secondary N) is 2. The van der Waals surface area contributed by atoms with Gasteiger partial charge in [-0.25, -0.2) is 4.79 Å². The maximum absolute atomic E-state index is 11.8. The molecular weight excluding hydrogens is 403 g/mol. The van der Waals surface area contributed by atoms with E-state index in [-0.39, 0.29) is 18.2 Å². The molecule has 0 aliphatic heterocycles. The molecule has 2 N–H and O–H groups in total. The minimum absolute atomic E-state index is 0.262. The summed E-state index contributed by atoms with van der Waals surface area (Å²) in [5.74, 6) is 0.649. The van der Waals surface area contributed by atoms with Crippen molar-refractivity contribution in [2.75, 3.05) is 6.54 Å². The van der Waals surface area contributed by atoms with Crippen molar-refractivity contribution in [3.05, 3.63) is 33.4 Å². The Morgan fingerprint density at radius 2 is 1.91 bits per heavy atom. The van der Waals surface area contributed by atoms with Gasteiger partial charge in [0.05, 0.1) is 0 Å². The lowest BCUT2D eigenvalue weighted by molar-refractivity contribution is 0.0520. The third-order valence-electron chi connectivity index (χ3n) is 3.89. The summed E-state index contributed by atoms with van der Waals surface area (Å²) >= 11 is 2.32. The molecule has 1 saturated carbocycles. The molecule has 128 valence electrons. The molecule has 1 aromatic carbocycles. The van der Waals surface area contributed by atoms with Gasteiger partial charge in [-0.2, -0.15) is 0 Å². The third kappa shape index (κ3) is 6.67. The quantitative estimate of drug-likeness (QED) is 0.664. The molecule has 23 heavy (non-hydrogen) atoms. The Bertz CT molecular complexity index is 521. The van der Waals surface area contributed by atoms with E-state index in [1.165, 1.54) is 22.0 Å². The van der Waals surface area contributed by atoms with Crippen LogP contribution in [0.3, 0.4) is 0 Å². The smallest absolute Gasteiger partial charge is 0.407 e. The zero-order valence-corrected chi connectivity index (χ0v) is 16.5. The average Bonchev–Trinajstić information content (AvgIpc) is 3.26. The maximum Gasteiger partial charge on any atom is 0.407 e. The lowest BCUT2D eigenvalue weighted by Crippen LogP contribution is -2.44. The summed E-state index contributed by atoms with van der Waals surface area (Å²) in [6.07, 6.45) is 2.12. The van der Waals surface area contributed by atoms with Gasteiger partial charge in [-0.15, -0.1) is 0 Å². The molecule has 1 amide bonds. The summed E-state index contributed by atoms with van der Waals surface area (Å²) in [4.78, 5) is 11.8. The van der Waals surface area contributed by atoms with Crippen molar-refractivity contribution >= 4 is 28.7 Å². The standard InChI is InChI=1S/C18H27IN2O2/c1-12(13-7-9-15(19)10-8-13)21-16(14-5-6-14)11-20-17(22)23-18(2,3)4/h7-10,12,14,16,21H,5-6,11H2,1-4H3,(H,20,22). The fourth-order valence-electron chi connectivity index (χ4n) is 2.54. The second-order valence-corrected chi connectivity index (χ2v) is 8.51. The van der Waals surface area contributed by atoms with Crippen LogP contribution in [0.5, 0.6) is 0 Å². The first kappa shape index (κ1) is 18.5. The first-order valence-corrected chi connectivity index (χ1v) is 9.31. The molecule has 2 atom stereocenters. The number of ether oxygens (including phenoxy) is 1. The van der Waals surface area contributed by atoms with Crippen molar-refractivity contribution in [2.24, 2.45) is 5.92 Å². The Morgan fingerprint density at radius 1 is 1.30 bits per heavy atom. The van der Waals surface area contributed by atoms with E-state index >= 15 is 0 Å². The first-order chi connectivity index (χ1) is 10.7. The van der Waals surface area contributed by atoms with Gasteiger partial charge in [0.2, 0.25) is 0 Å². The highest BCUT2D eigenvalue weighted by atomic mass is 127. The van der Waals surface area contributed by atoms with Crippen molar-refractivity contribution in [1.82, 2.24) is 10.6 Å². The van der Waals surface area contributed by atoms with Gasteiger partial charge >= 0.3 is 6.09 Å². The Morgan fingerprint density at radius 3 is 2.43 bits per heavy atom.